The van der Waals surface area contributed by atoms with E-state index in [-0.39, 0.29) is 10.6 Å². The lowest BCUT2D eigenvalue weighted by Crippen LogP contribution is -2.34. The van der Waals surface area contributed by atoms with E-state index in [1.165, 1.54) is 12.8 Å². The maximum atomic E-state index is 11.1. The van der Waals surface area contributed by atoms with Gasteiger partial charge in [0.2, 0.25) is 0 Å². The number of aromatic nitrogens is 1. The number of nitro benzene ring substituents is 1. The van der Waals surface area contributed by atoms with Gasteiger partial charge < -0.3 is 4.90 Å². The highest BCUT2D eigenvalue weighted by Gasteiger charge is 2.21. The van der Waals surface area contributed by atoms with E-state index in [4.69, 9.17) is 0 Å². The molecule has 1 aromatic carbocycles. The second kappa shape index (κ2) is 5.07. The van der Waals surface area contributed by atoms with Crippen LogP contribution < -0.4 is 4.90 Å². The maximum Gasteiger partial charge on any atom is 0.278 e. The van der Waals surface area contributed by atoms with Gasteiger partial charge in [0.25, 0.3) is 5.69 Å². The average Bonchev–Trinajstić information content (AvgIpc) is 2.46. The largest absolute Gasteiger partial charge is 0.371 e. The molecule has 1 aromatic heterocycles. The summed E-state index contributed by atoms with van der Waals surface area (Å²) < 4.78 is 0. The van der Waals surface area contributed by atoms with Crippen molar-refractivity contribution in [2.45, 2.75) is 19.8 Å². The molecule has 1 aliphatic rings. The van der Waals surface area contributed by atoms with Crippen LogP contribution in [0.25, 0.3) is 10.8 Å². The Kier molecular flexibility index (Phi) is 3.26. The van der Waals surface area contributed by atoms with E-state index in [0.29, 0.717) is 11.3 Å². The number of nitro groups is 1. The number of hydrogen-bond donors (Lipinski definition) is 0. The van der Waals surface area contributed by atoms with E-state index in [9.17, 15) is 10.1 Å². The Bertz CT molecular complexity index is 657. The van der Waals surface area contributed by atoms with E-state index < -0.39 is 0 Å². The van der Waals surface area contributed by atoms with Crippen molar-refractivity contribution < 1.29 is 4.92 Å². The van der Waals surface area contributed by atoms with Crippen LogP contribution in [0.15, 0.2) is 30.6 Å². The minimum absolute atomic E-state index is 0.127. The molecule has 1 unspecified atom stereocenters. The molecule has 1 aliphatic heterocycles. The maximum absolute atomic E-state index is 11.1. The molecule has 2 aromatic rings. The smallest absolute Gasteiger partial charge is 0.278 e. The molecule has 5 heteroatoms. The lowest BCUT2D eigenvalue weighted by atomic mass is 9.98. The molecule has 1 atom stereocenters. The average molecular weight is 271 g/mol. The van der Waals surface area contributed by atoms with Crippen molar-refractivity contribution >= 4 is 22.1 Å². The van der Waals surface area contributed by atoms with Crippen molar-refractivity contribution in [3.63, 3.8) is 0 Å². The SMILES string of the molecule is CC1CCCN(c2ccc([N+](=O)[O-])c3cnccc23)C1. The normalized spacial score (nSPS) is 19.2. The first-order valence-electron chi connectivity index (χ1n) is 6.93. The minimum atomic E-state index is -0.341. The van der Waals surface area contributed by atoms with E-state index in [2.05, 4.69) is 16.8 Å². The van der Waals surface area contributed by atoms with Crippen molar-refractivity contribution in [2.75, 3.05) is 18.0 Å². The topological polar surface area (TPSA) is 59.3 Å². The third kappa shape index (κ3) is 2.19. The van der Waals surface area contributed by atoms with Gasteiger partial charge in [-0.15, -0.1) is 0 Å². The molecule has 1 fully saturated rings. The van der Waals surface area contributed by atoms with E-state index in [0.717, 1.165) is 24.2 Å². The van der Waals surface area contributed by atoms with Gasteiger partial charge in [0, 0.05) is 42.6 Å². The predicted octanol–water partition coefficient (Wildman–Crippen LogP) is 3.38. The van der Waals surface area contributed by atoms with Gasteiger partial charge in [-0.2, -0.15) is 0 Å². The molecule has 2 heterocycles. The first-order valence-corrected chi connectivity index (χ1v) is 6.93. The van der Waals surface area contributed by atoms with Crippen LogP contribution >= 0.6 is 0 Å². The monoisotopic (exact) mass is 271 g/mol. The summed E-state index contributed by atoms with van der Waals surface area (Å²) in [6.45, 7) is 4.27. The predicted molar refractivity (Wildman–Crippen MR) is 79.0 cm³/mol. The number of piperidine rings is 1. The summed E-state index contributed by atoms with van der Waals surface area (Å²) in [5.74, 6) is 0.663. The van der Waals surface area contributed by atoms with E-state index in [1.54, 1.807) is 18.5 Å². The van der Waals surface area contributed by atoms with Gasteiger partial charge in [0.05, 0.1) is 10.3 Å². The molecule has 0 spiro atoms. The van der Waals surface area contributed by atoms with Crippen molar-refractivity contribution in [3.8, 4) is 0 Å². The molecule has 0 bridgehead atoms. The van der Waals surface area contributed by atoms with Crippen LogP contribution in [-0.2, 0) is 0 Å². The van der Waals surface area contributed by atoms with Gasteiger partial charge in [0.15, 0.2) is 0 Å². The van der Waals surface area contributed by atoms with Gasteiger partial charge >= 0.3 is 0 Å². The summed E-state index contributed by atoms with van der Waals surface area (Å²) >= 11 is 0. The number of fused-ring (bicyclic) bond motifs is 1. The molecule has 104 valence electrons. The van der Waals surface area contributed by atoms with Gasteiger partial charge in [-0.25, -0.2) is 0 Å². The van der Waals surface area contributed by atoms with Gasteiger partial charge in [0.1, 0.15) is 0 Å². The first kappa shape index (κ1) is 12.8. The lowest BCUT2D eigenvalue weighted by Gasteiger charge is -2.33. The third-order valence-electron chi connectivity index (χ3n) is 3.97. The fraction of sp³-hybridized carbons (Fsp3) is 0.400. The number of nitrogens with zero attached hydrogens (tertiary/aromatic N) is 3. The summed E-state index contributed by atoms with van der Waals surface area (Å²) in [5, 5.41) is 12.7. The highest BCUT2D eigenvalue weighted by molar-refractivity contribution is 5.99. The zero-order valence-electron chi connectivity index (χ0n) is 11.5. The van der Waals surface area contributed by atoms with Crippen molar-refractivity contribution in [3.05, 3.63) is 40.7 Å². The van der Waals surface area contributed by atoms with Gasteiger partial charge in [-0.05, 0) is 30.9 Å². The highest BCUT2D eigenvalue weighted by Crippen LogP contribution is 2.34. The summed E-state index contributed by atoms with van der Waals surface area (Å²) in [5.41, 5.74) is 1.21. The van der Waals surface area contributed by atoms with Crippen LogP contribution in [0.5, 0.6) is 0 Å². The molecular formula is C15H17N3O2. The molecule has 0 amide bonds. The molecule has 0 radical (unpaired) electrons. The van der Waals surface area contributed by atoms with Gasteiger partial charge in [-0.3, -0.25) is 15.1 Å². The molecule has 3 rings (SSSR count). The van der Waals surface area contributed by atoms with Gasteiger partial charge in [-0.1, -0.05) is 6.92 Å². The summed E-state index contributed by atoms with van der Waals surface area (Å²) in [6, 6.07) is 5.34. The molecule has 1 saturated heterocycles. The van der Waals surface area contributed by atoms with Crippen molar-refractivity contribution in [2.24, 2.45) is 5.92 Å². The number of pyridine rings is 1. The number of benzene rings is 1. The van der Waals surface area contributed by atoms with Crippen LogP contribution in [-0.4, -0.2) is 23.0 Å². The summed E-state index contributed by atoms with van der Waals surface area (Å²) in [4.78, 5) is 17.1. The first-order chi connectivity index (χ1) is 9.66. The fourth-order valence-corrected chi connectivity index (χ4v) is 3.00. The standard InChI is InChI=1S/C15H17N3O2/c1-11-3-2-8-17(10-11)14-4-5-15(18(19)20)13-9-16-7-6-12(13)14/h4-7,9,11H,2-3,8,10H2,1H3. The van der Waals surface area contributed by atoms with E-state index >= 15 is 0 Å². The zero-order chi connectivity index (χ0) is 14.1. The minimum Gasteiger partial charge on any atom is -0.371 e. The second-order valence-corrected chi connectivity index (χ2v) is 5.48. The quantitative estimate of drug-likeness (QED) is 0.620. The zero-order valence-corrected chi connectivity index (χ0v) is 11.5. The Balaban J connectivity index is 2.12. The number of anilines is 1. The number of hydrogen-bond acceptors (Lipinski definition) is 4. The van der Waals surface area contributed by atoms with Crippen LogP contribution in [0, 0.1) is 16.0 Å². The Labute approximate surface area is 117 Å². The number of rotatable bonds is 2. The third-order valence-corrected chi connectivity index (χ3v) is 3.97. The molecule has 0 N–H and O–H groups in total. The Morgan fingerprint density at radius 3 is 2.95 bits per heavy atom. The Morgan fingerprint density at radius 1 is 1.35 bits per heavy atom. The molecule has 5 nitrogen and oxygen atoms in total. The summed E-state index contributed by atoms with van der Waals surface area (Å²) in [6.07, 6.45) is 5.71. The molecule has 0 saturated carbocycles. The Hall–Kier alpha value is -2.17. The lowest BCUT2D eigenvalue weighted by molar-refractivity contribution is -0.383. The number of non-ortho nitro benzene ring substituents is 1. The highest BCUT2D eigenvalue weighted by atomic mass is 16.6. The fourth-order valence-electron chi connectivity index (χ4n) is 3.00. The van der Waals surface area contributed by atoms with Crippen LogP contribution in [0.1, 0.15) is 19.8 Å². The van der Waals surface area contributed by atoms with Crippen molar-refractivity contribution in [1.29, 1.82) is 0 Å². The molecule has 0 aliphatic carbocycles. The molecular weight excluding hydrogens is 254 g/mol. The van der Waals surface area contributed by atoms with E-state index in [1.807, 2.05) is 12.1 Å². The van der Waals surface area contributed by atoms with Crippen molar-refractivity contribution in [1.82, 2.24) is 4.98 Å². The summed E-state index contributed by atoms with van der Waals surface area (Å²) in [7, 11) is 0. The van der Waals surface area contributed by atoms with Crippen LogP contribution in [0.3, 0.4) is 0 Å². The van der Waals surface area contributed by atoms with Crippen LogP contribution in [0.2, 0.25) is 0 Å². The molecule has 20 heavy (non-hydrogen) atoms. The van der Waals surface area contributed by atoms with Crippen LogP contribution in [0.4, 0.5) is 11.4 Å². The Morgan fingerprint density at radius 2 is 2.20 bits per heavy atom. The second-order valence-electron chi connectivity index (χ2n) is 5.48.